The lowest BCUT2D eigenvalue weighted by atomic mass is 10.1. The number of hydrogen-bond donors (Lipinski definition) is 0. The SMILES string of the molecule is C=C(C)c1ccc(OCOc2ccc(C(=C)C)cc2)cc1. The second kappa shape index (κ2) is 6.80. The Morgan fingerprint density at radius 1 is 0.714 bits per heavy atom. The third-order valence-electron chi connectivity index (χ3n) is 3.15. The van der Waals surface area contributed by atoms with Crippen LogP contribution in [0.15, 0.2) is 61.7 Å². The fraction of sp³-hybridized carbons (Fsp3) is 0.158. The summed E-state index contributed by atoms with van der Waals surface area (Å²) in [6.07, 6.45) is 0. The quantitative estimate of drug-likeness (QED) is 0.680. The van der Waals surface area contributed by atoms with Crippen molar-refractivity contribution in [3.05, 3.63) is 72.8 Å². The van der Waals surface area contributed by atoms with E-state index in [-0.39, 0.29) is 6.79 Å². The molecule has 0 spiro atoms. The zero-order valence-electron chi connectivity index (χ0n) is 12.6. The minimum Gasteiger partial charge on any atom is -0.458 e. The summed E-state index contributed by atoms with van der Waals surface area (Å²) in [6.45, 7) is 11.9. The number of hydrogen-bond acceptors (Lipinski definition) is 2. The Balaban J connectivity index is 1.86. The molecule has 2 aromatic rings. The van der Waals surface area contributed by atoms with E-state index in [1.54, 1.807) is 0 Å². The third-order valence-corrected chi connectivity index (χ3v) is 3.15. The van der Waals surface area contributed by atoms with Crippen LogP contribution in [-0.2, 0) is 0 Å². The van der Waals surface area contributed by atoms with E-state index in [0.29, 0.717) is 0 Å². The number of allylic oxidation sites excluding steroid dienone is 2. The van der Waals surface area contributed by atoms with Gasteiger partial charge in [-0.15, -0.1) is 0 Å². The van der Waals surface area contributed by atoms with E-state index < -0.39 is 0 Å². The molecule has 2 aromatic carbocycles. The normalized spacial score (nSPS) is 10.0. The second-order valence-corrected chi connectivity index (χ2v) is 5.02. The van der Waals surface area contributed by atoms with Gasteiger partial charge in [-0.25, -0.2) is 0 Å². The molecule has 0 bridgehead atoms. The molecule has 0 aliphatic carbocycles. The fourth-order valence-electron chi connectivity index (χ4n) is 1.84. The first-order valence-corrected chi connectivity index (χ1v) is 6.84. The molecule has 2 heteroatoms. The van der Waals surface area contributed by atoms with Gasteiger partial charge in [0.25, 0.3) is 0 Å². The van der Waals surface area contributed by atoms with Gasteiger partial charge in [-0.2, -0.15) is 0 Å². The summed E-state index contributed by atoms with van der Waals surface area (Å²) in [7, 11) is 0. The summed E-state index contributed by atoms with van der Waals surface area (Å²) in [4.78, 5) is 0. The van der Waals surface area contributed by atoms with Crippen molar-refractivity contribution in [2.75, 3.05) is 6.79 Å². The summed E-state index contributed by atoms with van der Waals surface area (Å²) in [6, 6.07) is 15.6. The average molecular weight is 280 g/mol. The van der Waals surface area contributed by atoms with Crippen LogP contribution in [0.1, 0.15) is 25.0 Å². The molecule has 0 aromatic heterocycles. The highest BCUT2D eigenvalue weighted by Crippen LogP contribution is 2.19. The van der Waals surface area contributed by atoms with Crippen LogP contribution in [-0.4, -0.2) is 6.79 Å². The molecule has 2 nitrogen and oxygen atoms in total. The van der Waals surface area contributed by atoms with E-state index in [2.05, 4.69) is 13.2 Å². The fourth-order valence-corrected chi connectivity index (χ4v) is 1.84. The van der Waals surface area contributed by atoms with E-state index in [1.807, 2.05) is 62.4 Å². The van der Waals surface area contributed by atoms with Gasteiger partial charge in [-0.1, -0.05) is 48.6 Å². The van der Waals surface area contributed by atoms with Crippen LogP contribution >= 0.6 is 0 Å². The molecule has 0 aliphatic heterocycles. The van der Waals surface area contributed by atoms with Gasteiger partial charge < -0.3 is 9.47 Å². The first-order chi connectivity index (χ1) is 10.1. The van der Waals surface area contributed by atoms with Crippen LogP contribution in [0.25, 0.3) is 11.1 Å². The van der Waals surface area contributed by atoms with Crippen molar-refractivity contribution in [2.45, 2.75) is 13.8 Å². The molecule has 0 saturated heterocycles. The maximum Gasteiger partial charge on any atom is 0.230 e. The van der Waals surface area contributed by atoms with Crippen LogP contribution < -0.4 is 9.47 Å². The zero-order chi connectivity index (χ0) is 15.2. The lowest BCUT2D eigenvalue weighted by molar-refractivity contribution is 0.120. The highest BCUT2D eigenvalue weighted by atomic mass is 16.7. The Bertz CT molecular complexity index is 564. The van der Waals surface area contributed by atoms with Crippen molar-refractivity contribution in [3.63, 3.8) is 0 Å². The molecular weight excluding hydrogens is 260 g/mol. The molecule has 0 aliphatic rings. The number of rotatable bonds is 6. The monoisotopic (exact) mass is 280 g/mol. The van der Waals surface area contributed by atoms with Crippen molar-refractivity contribution in [2.24, 2.45) is 0 Å². The Hall–Kier alpha value is -2.48. The lowest BCUT2D eigenvalue weighted by Gasteiger charge is -2.09. The Morgan fingerprint density at radius 2 is 1.05 bits per heavy atom. The Morgan fingerprint density at radius 3 is 1.33 bits per heavy atom. The van der Waals surface area contributed by atoms with Gasteiger partial charge in [0.1, 0.15) is 11.5 Å². The third kappa shape index (κ3) is 4.25. The predicted octanol–water partition coefficient (Wildman–Crippen LogP) is 5.17. The second-order valence-electron chi connectivity index (χ2n) is 5.02. The van der Waals surface area contributed by atoms with Crippen LogP contribution in [0.3, 0.4) is 0 Å². The van der Waals surface area contributed by atoms with Crippen molar-refractivity contribution in [3.8, 4) is 11.5 Å². The van der Waals surface area contributed by atoms with E-state index in [1.165, 1.54) is 0 Å². The van der Waals surface area contributed by atoms with E-state index >= 15 is 0 Å². The van der Waals surface area contributed by atoms with Crippen LogP contribution in [0.2, 0.25) is 0 Å². The molecule has 0 fully saturated rings. The maximum absolute atomic E-state index is 5.55. The van der Waals surface area contributed by atoms with Crippen molar-refractivity contribution in [1.29, 1.82) is 0 Å². The molecule has 21 heavy (non-hydrogen) atoms. The van der Waals surface area contributed by atoms with Crippen molar-refractivity contribution < 1.29 is 9.47 Å². The summed E-state index contributed by atoms with van der Waals surface area (Å²) < 4.78 is 11.1. The summed E-state index contributed by atoms with van der Waals surface area (Å²) >= 11 is 0. The van der Waals surface area contributed by atoms with Gasteiger partial charge in [0, 0.05) is 0 Å². The topological polar surface area (TPSA) is 18.5 Å². The number of ether oxygens (including phenoxy) is 2. The molecule has 0 saturated carbocycles. The highest BCUT2D eigenvalue weighted by Gasteiger charge is 1.98. The molecule has 0 N–H and O–H groups in total. The van der Waals surface area contributed by atoms with E-state index in [4.69, 9.17) is 9.47 Å². The summed E-state index contributed by atoms with van der Waals surface area (Å²) in [5, 5.41) is 0. The Kier molecular flexibility index (Phi) is 4.83. The molecule has 0 unspecified atom stereocenters. The van der Waals surface area contributed by atoms with Gasteiger partial charge in [0.15, 0.2) is 0 Å². The largest absolute Gasteiger partial charge is 0.458 e. The van der Waals surface area contributed by atoms with E-state index in [0.717, 1.165) is 33.8 Å². The van der Waals surface area contributed by atoms with Gasteiger partial charge >= 0.3 is 0 Å². The van der Waals surface area contributed by atoms with Gasteiger partial charge in [-0.3, -0.25) is 0 Å². The molecule has 0 atom stereocenters. The van der Waals surface area contributed by atoms with Gasteiger partial charge in [0.2, 0.25) is 6.79 Å². The minimum atomic E-state index is 0.179. The van der Waals surface area contributed by atoms with E-state index in [9.17, 15) is 0 Å². The first kappa shape index (κ1) is 14.9. The predicted molar refractivity (Wildman–Crippen MR) is 88.4 cm³/mol. The smallest absolute Gasteiger partial charge is 0.230 e. The van der Waals surface area contributed by atoms with Gasteiger partial charge in [-0.05, 0) is 49.2 Å². The molecule has 0 heterocycles. The van der Waals surface area contributed by atoms with Crippen molar-refractivity contribution in [1.82, 2.24) is 0 Å². The Labute approximate surface area is 126 Å². The summed E-state index contributed by atoms with van der Waals surface area (Å²) in [5.74, 6) is 1.55. The molecule has 0 radical (unpaired) electrons. The lowest BCUT2D eigenvalue weighted by Crippen LogP contribution is -2.05. The number of benzene rings is 2. The maximum atomic E-state index is 5.55. The first-order valence-electron chi connectivity index (χ1n) is 6.84. The zero-order valence-corrected chi connectivity index (χ0v) is 12.6. The molecule has 0 amide bonds. The standard InChI is InChI=1S/C19H20O2/c1-14(2)16-5-9-18(10-6-16)20-13-21-19-11-7-17(8-12-19)15(3)4/h5-12H,1,3,13H2,2,4H3. The summed E-state index contributed by atoms with van der Waals surface area (Å²) in [5.41, 5.74) is 4.29. The van der Waals surface area contributed by atoms with Crippen LogP contribution in [0.5, 0.6) is 11.5 Å². The molecule has 108 valence electrons. The van der Waals surface area contributed by atoms with Crippen LogP contribution in [0.4, 0.5) is 0 Å². The van der Waals surface area contributed by atoms with Crippen LogP contribution in [0, 0.1) is 0 Å². The molecular formula is C19H20O2. The van der Waals surface area contributed by atoms with Gasteiger partial charge in [0.05, 0.1) is 0 Å². The minimum absolute atomic E-state index is 0.179. The van der Waals surface area contributed by atoms with Crippen molar-refractivity contribution >= 4 is 11.1 Å². The average Bonchev–Trinajstić information content (AvgIpc) is 2.48. The molecule has 2 rings (SSSR count). The highest BCUT2D eigenvalue weighted by molar-refractivity contribution is 5.62.